The van der Waals surface area contributed by atoms with Crippen LogP contribution in [0.2, 0.25) is 0 Å². The molecular weight excluding hydrogens is 348 g/mol. The highest BCUT2D eigenvalue weighted by molar-refractivity contribution is 7.89. The summed E-state index contributed by atoms with van der Waals surface area (Å²) in [6, 6.07) is 3.20. The summed E-state index contributed by atoms with van der Waals surface area (Å²) in [6.07, 6.45) is 1.85. The molecule has 1 N–H and O–H groups in total. The average Bonchev–Trinajstić information content (AvgIpc) is 2.60. The van der Waals surface area contributed by atoms with Gasteiger partial charge in [0.05, 0.1) is 7.11 Å². The number of ether oxygens (including phenoxy) is 1. The second-order valence-corrected chi connectivity index (χ2v) is 8.12. The van der Waals surface area contributed by atoms with Gasteiger partial charge < -0.3 is 14.7 Å². The number of hydrogen-bond donors (Lipinski definition) is 1. The van der Waals surface area contributed by atoms with Crippen molar-refractivity contribution in [3.8, 4) is 5.75 Å². The van der Waals surface area contributed by atoms with Crippen LogP contribution < -0.4 is 4.74 Å². The van der Waals surface area contributed by atoms with E-state index in [1.54, 1.807) is 0 Å². The fourth-order valence-corrected chi connectivity index (χ4v) is 3.88. The molecule has 1 atom stereocenters. The van der Waals surface area contributed by atoms with Gasteiger partial charge >= 0.3 is 5.97 Å². The van der Waals surface area contributed by atoms with Crippen molar-refractivity contribution >= 4 is 21.9 Å². The van der Waals surface area contributed by atoms with Crippen molar-refractivity contribution in [3.63, 3.8) is 0 Å². The van der Waals surface area contributed by atoms with Crippen LogP contribution in [-0.4, -0.2) is 68.4 Å². The number of nitrogens with zero attached hydrogens (tertiary/aromatic N) is 2. The second kappa shape index (κ2) is 7.40. The summed E-state index contributed by atoms with van der Waals surface area (Å²) < 4.78 is 31.0. The zero-order valence-corrected chi connectivity index (χ0v) is 15.2. The van der Waals surface area contributed by atoms with Crippen LogP contribution in [-0.2, 0) is 14.8 Å². The summed E-state index contributed by atoms with van der Waals surface area (Å²) in [6.45, 7) is 0.331. The van der Waals surface area contributed by atoms with E-state index >= 15 is 0 Å². The number of likely N-dealkylation sites (tertiary alicyclic amines) is 1. The molecular formula is C16H22N2O6S. The molecule has 8 nitrogen and oxygen atoms in total. The summed E-state index contributed by atoms with van der Waals surface area (Å²) in [5, 5.41) is 9.33. The first-order valence-electron chi connectivity index (χ1n) is 7.84. The first-order chi connectivity index (χ1) is 11.7. The van der Waals surface area contributed by atoms with Gasteiger partial charge in [-0.25, -0.2) is 17.5 Å². The van der Waals surface area contributed by atoms with E-state index in [9.17, 15) is 23.1 Å². The Morgan fingerprint density at radius 2 is 1.96 bits per heavy atom. The molecule has 1 saturated heterocycles. The summed E-state index contributed by atoms with van der Waals surface area (Å²) >= 11 is 0. The predicted molar refractivity (Wildman–Crippen MR) is 90.2 cm³/mol. The minimum Gasteiger partial charge on any atom is -0.495 e. The minimum absolute atomic E-state index is 0.120. The van der Waals surface area contributed by atoms with Crippen LogP contribution in [0.5, 0.6) is 5.75 Å². The zero-order valence-electron chi connectivity index (χ0n) is 14.4. The molecule has 0 radical (unpaired) electrons. The average molecular weight is 370 g/mol. The highest BCUT2D eigenvalue weighted by atomic mass is 32.2. The van der Waals surface area contributed by atoms with E-state index in [-0.39, 0.29) is 16.2 Å². The molecule has 138 valence electrons. The molecule has 2 rings (SSSR count). The molecule has 0 saturated carbocycles. The van der Waals surface area contributed by atoms with Crippen molar-refractivity contribution in [2.75, 3.05) is 27.7 Å². The molecule has 0 spiro atoms. The van der Waals surface area contributed by atoms with E-state index in [4.69, 9.17) is 4.74 Å². The van der Waals surface area contributed by atoms with Gasteiger partial charge in [-0.3, -0.25) is 4.79 Å². The van der Waals surface area contributed by atoms with Gasteiger partial charge in [-0.1, -0.05) is 0 Å². The van der Waals surface area contributed by atoms with Crippen LogP contribution in [0, 0.1) is 0 Å². The number of carbonyl (C=O) groups is 2. The first-order valence-corrected chi connectivity index (χ1v) is 9.28. The molecule has 0 aromatic heterocycles. The second-order valence-electron chi connectivity index (χ2n) is 6.00. The lowest BCUT2D eigenvalue weighted by Crippen LogP contribution is -2.48. The molecule has 9 heteroatoms. The number of aliphatic carboxylic acids is 1. The molecule has 25 heavy (non-hydrogen) atoms. The van der Waals surface area contributed by atoms with Gasteiger partial charge in [0.25, 0.3) is 5.91 Å². The predicted octanol–water partition coefficient (Wildman–Crippen LogP) is 1.02. The maximum atomic E-state index is 12.8. The van der Waals surface area contributed by atoms with E-state index in [1.165, 1.54) is 44.3 Å². The lowest BCUT2D eigenvalue weighted by Gasteiger charge is -2.33. The standard InChI is InChI=1S/C16H22N2O6S/c1-17(2)25(22,23)14-10-11(7-8-13(14)24-3)15(19)18-9-5-4-6-12(18)16(20)21/h7-8,10,12H,4-6,9H2,1-3H3,(H,20,21). The van der Waals surface area contributed by atoms with E-state index < -0.39 is 27.9 Å². The van der Waals surface area contributed by atoms with Crippen molar-refractivity contribution in [3.05, 3.63) is 23.8 Å². The van der Waals surface area contributed by atoms with E-state index in [1.807, 2.05) is 0 Å². The number of benzene rings is 1. The van der Waals surface area contributed by atoms with Crippen molar-refractivity contribution < 1.29 is 27.9 Å². The molecule has 1 aliphatic rings. The summed E-state index contributed by atoms with van der Waals surface area (Å²) in [5.41, 5.74) is 0.120. The minimum atomic E-state index is -3.81. The normalized spacial score (nSPS) is 18.2. The van der Waals surface area contributed by atoms with Crippen molar-refractivity contribution in [2.24, 2.45) is 0 Å². The van der Waals surface area contributed by atoms with Gasteiger partial charge in [-0.05, 0) is 37.5 Å². The molecule has 0 bridgehead atoms. The Balaban J connectivity index is 2.46. The number of hydrogen-bond acceptors (Lipinski definition) is 5. The molecule has 0 aliphatic carbocycles. The monoisotopic (exact) mass is 370 g/mol. The van der Waals surface area contributed by atoms with Crippen LogP contribution in [0.4, 0.5) is 0 Å². The van der Waals surface area contributed by atoms with E-state index in [0.29, 0.717) is 19.4 Å². The Kier molecular flexibility index (Phi) is 5.69. The maximum absolute atomic E-state index is 12.8. The van der Waals surface area contributed by atoms with E-state index in [0.717, 1.165) is 10.7 Å². The van der Waals surface area contributed by atoms with Gasteiger partial charge in [0.2, 0.25) is 10.0 Å². The molecule has 1 heterocycles. The van der Waals surface area contributed by atoms with Crippen LogP contribution in [0.25, 0.3) is 0 Å². The van der Waals surface area contributed by atoms with Gasteiger partial charge in [0, 0.05) is 26.2 Å². The number of carbonyl (C=O) groups excluding carboxylic acids is 1. The molecule has 1 aromatic carbocycles. The Labute approximate surface area is 147 Å². The third kappa shape index (κ3) is 3.77. The lowest BCUT2D eigenvalue weighted by molar-refractivity contribution is -0.143. The smallest absolute Gasteiger partial charge is 0.326 e. The van der Waals surface area contributed by atoms with Gasteiger partial charge in [-0.2, -0.15) is 0 Å². The fourth-order valence-electron chi connectivity index (χ4n) is 2.81. The maximum Gasteiger partial charge on any atom is 0.326 e. The topological polar surface area (TPSA) is 104 Å². The largest absolute Gasteiger partial charge is 0.495 e. The van der Waals surface area contributed by atoms with Crippen LogP contribution >= 0.6 is 0 Å². The number of methoxy groups -OCH3 is 1. The number of amides is 1. The highest BCUT2D eigenvalue weighted by Gasteiger charge is 2.33. The van der Waals surface area contributed by atoms with Crippen LogP contribution in [0.3, 0.4) is 0 Å². The summed E-state index contributed by atoms with van der Waals surface area (Å²) in [4.78, 5) is 25.3. The third-order valence-corrected chi connectivity index (χ3v) is 6.05. The Morgan fingerprint density at radius 3 is 2.52 bits per heavy atom. The molecule has 1 amide bonds. The molecule has 1 unspecified atom stereocenters. The van der Waals surface area contributed by atoms with E-state index in [2.05, 4.69) is 0 Å². The van der Waals surface area contributed by atoms with Crippen molar-refractivity contribution in [2.45, 2.75) is 30.2 Å². The quantitative estimate of drug-likeness (QED) is 0.830. The molecule has 1 aliphatic heterocycles. The number of sulfonamides is 1. The van der Waals surface area contributed by atoms with Crippen molar-refractivity contribution in [1.82, 2.24) is 9.21 Å². The summed E-state index contributed by atoms with van der Waals surface area (Å²) in [5.74, 6) is -1.42. The Morgan fingerprint density at radius 1 is 1.28 bits per heavy atom. The number of carboxylic acid groups (broad SMARTS) is 1. The number of piperidine rings is 1. The number of rotatable bonds is 5. The molecule has 1 aromatic rings. The first kappa shape index (κ1) is 19.2. The van der Waals surface area contributed by atoms with Gasteiger partial charge in [-0.15, -0.1) is 0 Å². The Bertz CT molecular complexity index is 775. The van der Waals surface area contributed by atoms with Crippen LogP contribution in [0.1, 0.15) is 29.6 Å². The summed E-state index contributed by atoms with van der Waals surface area (Å²) in [7, 11) is 0.295. The lowest BCUT2D eigenvalue weighted by atomic mass is 10.0. The number of carboxylic acids is 1. The fraction of sp³-hybridized carbons (Fsp3) is 0.500. The Hall–Kier alpha value is -2.13. The SMILES string of the molecule is COc1ccc(C(=O)N2CCCCC2C(=O)O)cc1S(=O)(=O)N(C)C. The molecule has 1 fully saturated rings. The third-order valence-electron chi connectivity index (χ3n) is 4.22. The van der Waals surface area contributed by atoms with Crippen LogP contribution in [0.15, 0.2) is 23.1 Å². The van der Waals surface area contributed by atoms with Gasteiger partial charge in [0.15, 0.2) is 0 Å². The highest BCUT2D eigenvalue weighted by Crippen LogP contribution is 2.28. The zero-order chi connectivity index (χ0) is 18.8. The van der Waals surface area contributed by atoms with Crippen molar-refractivity contribution in [1.29, 1.82) is 0 Å². The van der Waals surface area contributed by atoms with Gasteiger partial charge in [0.1, 0.15) is 16.7 Å².